The van der Waals surface area contributed by atoms with Crippen LogP contribution in [0.3, 0.4) is 0 Å². The highest BCUT2D eigenvalue weighted by Gasteiger charge is 2.10. The first-order chi connectivity index (χ1) is 12.6. The number of rotatable bonds is 7. The van der Waals surface area contributed by atoms with E-state index < -0.39 is 0 Å². The maximum atomic E-state index is 12.0. The van der Waals surface area contributed by atoms with Gasteiger partial charge in [-0.2, -0.15) is 0 Å². The van der Waals surface area contributed by atoms with E-state index in [1.54, 1.807) is 23.5 Å². The van der Waals surface area contributed by atoms with Crippen LogP contribution in [0.4, 0.5) is 5.13 Å². The summed E-state index contributed by atoms with van der Waals surface area (Å²) in [6, 6.07) is 13.1. The first kappa shape index (κ1) is 18.1. The Kier molecular flexibility index (Phi) is 5.98. The van der Waals surface area contributed by atoms with Crippen molar-refractivity contribution < 1.29 is 14.3 Å². The van der Waals surface area contributed by atoms with E-state index in [9.17, 15) is 9.59 Å². The summed E-state index contributed by atoms with van der Waals surface area (Å²) < 4.78 is 5.41. The van der Waals surface area contributed by atoms with Crippen molar-refractivity contribution in [2.75, 3.05) is 11.9 Å². The number of carbonyl (C=O) groups excluding carboxylic acids is 2. The van der Waals surface area contributed by atoms with Crippen LogP contribution in [0.2, 0.25) is 0 Å². The summed E-state index contributed by atoms with van der Waals surface area (Å²) in [7, 11) is 0. The summed E-state index contributed by atoms with van der Waals surface area (Å²) in [6.07, 6.45) is 0. The number of para-hydroxylation sites is 1. The zero-order valence-corrected chi connectivity index (χ0v) is 15.7. The molecule has 2 aromatic heterocycles. The van der Waals surface area contributed by atoms with E-state index >= 15 is 0 Å². The fourth-order valence-electron chi connectivity index (χ4n) is 2.09. The van der Waals surface area contributed by atoms with Crippen molar-refractivity contribution in [3.05, 3.63) is 52.7 Å². The molecule has 2 N–H and O–H groups in total. The minimum Gasteiger partial charge on any atom is -0.484 e. The number of thiazole rings is 1. The van der Waals surface area contributed by atoms with Gasteiger partial charge in [-0.25, -0.2) is 4.98 Å². The van der Waals surface area contributed by atoms with Gasteiger partial charge in [-0.05, 0) is 24.3 Å². The zero-order chi connectivity index (χ0) is 18.4. The Morgan fingerprint density at radius 1 is 1.15 bits per heavy atom. The topological polar surface area (TPSA) is 80.3 Å². The molecule has 0 unspecified atom stereocenters. The quantitative estimate of drug-likeness (QED) is 0.650. The summed E-state index contributed by atoms with van der Waals surface area (Å²) in [5.74, 6) is 0.330. The predicted molar refractivity (Wildman–Crippen MR) is 104 cm³/mol. The standard InChI is InChI=1S/C18H17N3O3S2/c1-12(22)19-9-14-7-8-16(26-14)15-11-25-18(20-15)21-17(23)10-24-13-5-3-2-4-6-13/h2-8,11H,9-10H2,1H3,(H,19,22)(H,20,21,23). The number of amides is 2. The third kappa shape index (κ3) is 5.14. The minimum atomic E-state index is -0.257. The van der Waals surface area contributed by atoms with E-state index in [-0.39, 0.29) is 18.4 Å². The highest BCUT2D eigenvalue weighted by atomic mass is 32.1. The maximum absolute atomic E-state index is 12.0. The molecule has 2 heterocycles. The van der Waals surface area contributed by atoms with Crippen molar-refractivity contribution in [1.82, 2.24) is 10.3 Å². The third-order valence-electron chi connectivity index (χ3n) is 3.29. The number of nitrogens with zero attached hydrogens (tertiary/aromatic N) is 1. The highest BCUT2D eigenvalue weighted by molar-refractivity contribution is 7.17. The van der Waals surface area contributed by atoms with Crippen molar-refractivity contribution in [1.29, 1.82) is 0 Å². The molecular formula is C18H17N3O3S2. The van der Waals surface area contributed by atoms with E-state index in [1.165, 1.54) is 18.3 Å². The van der Waals surface area contributed by atoms with Gasteiger partial charge in [0.1, 0.15) is 5.75 Å². The van der Waals surface area contributed by atoms with Crippen LogP contribution in [-0.2, 0) is 16.1 Å². The van der Waals surface area contributed by atoms with Crippen molar-refractivity contribution >= 4 is 39.6 Å². The largest absolute Gasteiger partial charge is 0.484 e. The molecule has 8 heteroatoms. The molecule has 26 heavy (non-hydrogen) atoms. The van der Waals surface area contributed by atoms with Crippen molar-refractivity contribution in [3.8, 4) is 16.3 Å². The highest BCUT2D eigenvalue weighted by Crippen LogP contribution is 2.30. The average Bonchev–Trinajstić information content (AvgIpc) is 3.28. The number of hydrogen-bond acceptors (Lipinski definition) is 6. The number of nitrogens with one attached hydrogen (secondary N) is 2. The summed E-state index contributed by atoms with van der Waals surface area (Å²) >= 11 is 2.92. The van der Waals surface area contributed by atoms with Crippen LogP contribution in [0.15, 0.2) is 47.8 Å². The van der Waals surface area contributed by atoms with E-state index in [0.29, 0.717) is 17.4 Å². The molecular weight excluding hydrogens is 370 g/mol. The van der Waals surface area contributed by atoms with Gasteiger partial charge in [0.05, 0.1) is 17.1 Å². The number of hydrogen-bond donors (Lipinski definition) is 2. The van der Waals surface area contributed by atoms with Gasteiger partial charge in [-0.15, -0.1) is 22.7 Å². The molecule has 0 atom stereocenters. The van der Waals surface area contributed by atoms with E-state index in [4.69, 9.17) is 4.74 Å². The summed E-state index contributed by atoms with van der Waals surface area (Å²) in [5, 5.41) is 7.93. The van der Waals surface area contributed by atoms with Gasteiger partial charge < -0.3 is 10.1 Å². The van der Waals surface area contributed by atoms with Crippen LogP contribution in [-0.4, -0.2) is 23.4 Å². The second-order valence-corrected chi connectivity index (χ2v) is 7.39. The Morgan fingerprint density at radius 3 is 2.73 bits per heavy atom. The molecule has 6 nitrogen and oxygen atoms in total. The molecule has 0 aliphatic carbocycles. The molecule has 0 saturated heterocycles. The first-order valence-electron chi connectivity index (χ1n) is 7.87. The van der Waals surface area contributed by atoms with Crippen LogP contribution in [0.25, 0.3) is 10.6 Å². The van der Waals surface area contributed by atoms with Crippen molar-refractivity contribution in [2.24, 2.45) is 0 Å². The first-order valence-corrected chi connectivity index (χ1v) is 9.56. The Bertz CT molecular complexity index is 890. The molecule has 0 spiro atoms. The molecule has 3 aromatic rings. The molecule has 0 fully saturated rings. The Morgan fingerprint density at radius 2 is 1.96 bits per heavy atom. The lowest BCUT2D eigenvalue weighted by Crippen LogP contribution is -2.19. The lowest BCUT2D eigenvalue weighted by molar-refractivity contribution is -0.119. The average molecular weight is 387 g/mol. The van der Waals surface area contributed by atoms with Crippen LogP contribution >= 0.6 is 22.7 Å². The predicted octanol–water partition coefficient (Wildman–Crippen LogP) is 3.53. The lowest BCUT2D eigenvalue weighted by atomic mass is 10.3. The number of benzene rings is 1. The van der Waals surface area contributed by atoms with E-state index in [1.807, 2.05) is 35.7 Å². The molecule has 0 aliphatic rings. The molecule has 0 radical (unpaired) electrons. The molecule has 0 bridgehead atoms. The van der Waals surface area contributed by atoms with Crippen LogP contribution in [0, 0.1) is 0 Å². The molecule has 0 saturated carbocycles. The minimum absolute atomic E-state index is 0.0590. The van der Waals surface area contributed by atoms with E-state index in [0.717, 1.165) is 15.4 Å². The molecule has 1 aromatic carbocycles. The van der Waals surface area contributed by atoms with Crippen LogP contribution in [0.1, 0.15) is 11.8 Å². The normalized spacial score (nSPS) is 10.3. The van der Waals surface area contributed by atoms with Crippen LogP contribution < -0.4 is 15.4 Å². The molecule has 0 aliphatic heterocycles. The van der Waals surface area contributed by atoms with Gasteiger partial charge in [-0.3, -0.25) is 14.9 Å². The summed E-state index contributed by atoms with van der Waals surface area (Å²) in [6.45, 7) is 1.93. The fourth-order valence-corrected chi connectivity index (χ4v) is 3.80. The fraction of sp³-hybridized carbons (Fsp3) is 0.167. The number of carbonyl (C=O) groups is 2. The summed E-state index contributed by atoms with van der Waals surface area (Å²) in [5.41, 5.74) is 0.799. The number of aromatic nitrogens is 1. The molecule has 134 valence electrons. The lowest BCUT2D eigenvalue weighted by Gasteiger charge is -2.05. The van der Waals surface area contributed by atoms with Gasteiger partial charge in [0.15, 0.2) is 11.7 Å². The summed E-state index contributed by atoms with van der Waals surface area (Å²) in [4.78, 5) is 29.4. The molecule has 2 amide bonds. The SMILES string of the molecule is CC(=O)NCc1ccc(-c2csc(NC(=O)COc3ccccc3)n2)s1. The van der Waals surface area contributed by atoms with E-state index in [2.05, 4.69) is 15.6 Å². The van der Waals surface area contributed by atoms with Crippen LogP contribution in [0.5, 0.6) is 5.75 Å². The number of ether oxygens (including phenoxy) is 1. The monoisotopic (exact) mass is 387 g/mol. The number of thiophene rings is 1. The third-order valence-corrected chi connectivity index (χ3v) is 5.15. The van der Waals surface area contributed by atoms with Gasteiger partial charge in [0, 0.05) is 17.2 Å². The van der Waals surface area contributed by atoms with Crippen molar-refractivity contribution in [3.63, 3.8) is 0 Å². The van der Waals surface area contributed by atoms with Crippen molar-refractivity contribution in [2.45, 2.75) is 13.5 Å². The smallest absolute Gasteiger partial charge is 0.264 e. The Balaban J connectivity index is 1.54. The Labute approximate surface area is 158 Å². The second kappa shape index (κ2) is 8.59. The number of anilines is 1. The van der Waals surface area contributed by atoms with Gasteiger partial charge in [0.2, 0.25) is 5.91 Å². The molecule has 3 rings (SSSR count). The van der Waals surface area contributed by atoms with Gasteiger partial charge in [-0.1, -0.05) is 18.2 Å². The second-order valence-electron chi connectivity index (χ2n) is 5.36. The Hall–Kier alpha value is -2.71. The zero-order valence-electron chi connectivity index (χ0n) is 14.0. The van der Waals surface area contributed by atoms with Gasteiger partial charge >= 0.3 is 0 Å². The van der Waals surface area contributed by atoms with Gasteiger partial charge in [0.25, 0.3) is 5.91 Å². The maximum Gasteiger partial charge on any atom is 0.264 e.